The van der Waals surface area contributed by atoms with Gasteiger partial charge in [0.05, 0.1) is 0 Å². The lowest BCUT2D eigenvalue weighted by Crippen LogP contribution is -2.08. The van der Waals surface area contributed by atoms with Crippen molar-refractivity contribution in [2.75, 3.05) is 5.75 Å². The van der Waals surface area contributed by atoms with Crippen molar-refractivity contribution in [3.05, 3.63) is 35.9 Å². The van der Waals surface area contributed by atoms with E-state index in [1.807, 2.05) is 30.3 Å². The van der Waals surface area contributed by atoms with Crippen LogP contribution in [0.25, 0.3) is 0 Å². The van der Waals surface area contributed by atoms with Crippen LogP contribution in [0.3, 0.4) is 0 Å². The SMILES string of the molecule is CCCSC(C(=O)O)c1ccccc1. The molecule has 0 amide bonds. The van der Waals surface area contributed by atoms with Gasteiger partial charge in [-0.2, -0.15) is 0 Å². The van der Waals surface area contributed by atoms with Crippen molar-refractivity contribution in [3.63, 3.8) is 0 Å². The van der Waals surface area contributed by atoms with Crippen LogP contribution < -0.4 is 0 Å². The zero-order valence-corrected chi connectivity index (χ0v) is 8.96. The highest BCUT2D eigenvalue weighted by Gasteiger charge is 2.18. The highest BCUT2D eigenvalue weighted by Crippen LogP contribution is 2.29. The maximum absolute atomic E-state index is 11.0. The Morgan fingerprint density at radius 1 is 1.43 bits per heavy atom. The summed E-state index contributed by atoms with van der Waals surface area (Å²) in [5.74, 6) is 0.126. The van der Waals surface area contributed by atoms with Gasteiger partial charge in [-0.3, -0.25) is 4.79 Å². The van der Waals surface area contributed by atoms with E-state index in [4.69, 9.17) is 5.11 Å². The molecule has 0 fully saturated rings. The van der Waals surface area contributed by atoms with Gasteiger partial charge in [-0.15, -0.1) is 11.8 Å². The van der Waals surface area contributed by atoms with Crippen molar-refractivity contribution in [1.82, 2.24) is 0 Å². The summed E-state index contributed by atoms with van der Waals surface area (Å²) in [5.41, 5.74) is 0.874. The molecule has 1 rings (SSSR count). The topological polar surface area (TPSA) is 37.3 Å². The van der Waals surface area contributed by atoms with E-state index in [0.717, 1.165) is 17.7 Å². The Bertz CT molecular complexity index is 285. The first-order valence-corrected chi connectivity index (χ1v) is 5.70. The maximum atomic E-state index is 11.0. The molecule has 1 atom stereocenters. The average molecular weight is 210 g/mol. The molecule has 14 heavy (non-hydrogen) atoms. The number of thioether (sulfide) groups is 1. The summed E-state index contributed by atoms with van der Waals surface area (Å²) in [5, 5.41) is 8.61. The Kier molecular flexibility index (Phi) is 4.53. The molecule has 1 N–H and O–H groups in total. The normalized spacial score (nSPS) is 12.4. The summed E-state index contributed by atoms with van der Waals surface area (Å²) in [6.07, 6.45) is 1.00. The van der Waals surface area contributed by atoms with Crippen LogP contribution in [0.2, 0.25) is 0 Å². The second-order valence-electron chi connectivity index (χ2n) is 3.00. The first-order valence-electron chi connectivity index (χ1n) is 4.65. The lowest BCUT2D eigenvalue weighted by atomic mass is 10.1. The van der Waals surface area contributed by atoms with Gasteiger partial charge in [0, 0.05) is 0 Å². The molecule has 0 saturated carbocycles. The second kappa shape index (κ2) is 5.70. The largest absolute Gasteiger partial charge is 0.480 e. The van der Waals surface area contributed by atoms with E-state index in [2.05, 4.69) is 6.92 Å². The van der Waals surface area contributed by atoms with Crippen molar-refractivity contribution >= 4 is 17.7 Å². The summed E-state index contributed by atoms with van der Waals surface area (Å²) in [7, 11) is 0. The number of hydrogen-bond acceptors (Lipinski definition) is 2. The molecular weight excluding hydrogens is 196 g/mol. The molecule has 0 aliphatic rings. The quantitative estimate of drug-likeness (QED) is 0.811. The second-order valence-corrected chi connectivity index (χ2v) is 4.21. The molecule has 0 heterocycles. The number of benzene rings is 1. The van der Waals surface area contributed by atoms with Crippen LogP contribution >= 0.6 is 11.8 Å². The number of rotatable bonds is 5. The summed E-state index contributed by atoms with van der Waals surface area (Å²) in [4.78, 5) is 11.0. The van der Waals surface area contributed by atoms with E-state index in [-0.39, 0.29) is 0 Å². The van der Waals surface area contributed by atoms with Crippen LogP contribution in [0.5, 0.6) is 0 Å². The Balaban J connectivity index is 2.73. The monoisotopic (exact) mass is 210 g/mol. The fraction of sp³-hybridized carbons (Fsp3) is 0.364. The molecule has 3 heteroatoms. The van der Waals surface area contributed by atoms with Crippen LogP contribution in [-0.4, -0.2) is 16.8 Å². The minimum atomic E-state index is -0.755. The van der Waals surface area contributed by atoms with E-state index >= 15 is 0 Å². The van der Waals surface area contributed by atoms with Gasteiger partial charge < -0.3 is 5.11 Å². The third kappa shape index (κ3) is 3.07. The molecule has 0 aliphatic carbocycles. The van der Waals surface area contributed by atoms with E-state index in [1.165, 1.54) is 11.8 Å². The van der Waals surface area contributed by atoms with Crippen molar-refractivity contribution in [2.45, 2.75) is 18.6 Å². The molecule has 1 aromatic carbocycles. The minimum Gasteiger partial charge on any atom is -0.480 e. The van der Waals surface area contributed by atoms with Gasteiger partial charge >= 0.3 is 5.97 Å². The summed E-state index contributed by atoms with van der Waals surface area (Å²) in [6.45, 7) is 2.05. The van der Waals surface area contributed by atoms with E-state index in [1.54, 1.807) is 0 Å². The standard InChI is InChI=1S/C11H14O2S/c1-2-8-14-10(11(12)13)9-6-4-3-5-7-9/h3-7,10H,2,8H2,1H3,(H,12,13). The number of carboxylic acid groups (broad SMARTS) is 1. The van der Waals surface area contributed by atoms with Crippen LogP contribution in [0, 0.1) is 0 Å². The fourth-order valence-corrected chi connectivity index (χ4v) is 2.14. The number of carboxylic acids is 1. The number of hydrogen-bond donors (Lipinski definition) is 1. The zero-order chi connectivity index (χ0) is 10.4. The third-order valence-electron chi connectivity index (χ3n) is 1.82. The predicted octanol–water partition coefficient (Wildman–Crippen LogP) is 2.96. The summed E-state index contributed by atoms with van der Waals surface area (Å²) < 4.78 is 0. The molecule has 2 nitrogen and oxygen atoms in total. The summed E-state index contributed by atoms with van der Waals surface area (Å²) >= 11 is 1.48. The highest BCUT2D eigenvalue weighted by molar-refractivity contribution is 8.00. The van der Waals surface area contributed by atoms with Crippen LogP contribution in [-0.2, 0) is 4.79 Å². The molecule has 1 unspecified atom stereocenters. The molecule has 0 aromatic heterocycles. The highest BCUT2D eigenvalue weighted by atomic mass is 32.2. The average Bonchev–Trinajstić information content (AvgIpc) is 2.19. The Morgan fingerprint density at radius 2 is 2.07 bits per heavy atom. The van der Waals surface area contributed by atoms with Crippen molar-refractivity contribution in [2.24, 2.45) is 0 Å². The van der Waals surface area contributed by atoms with Gasteiger partial charge in [0.2, 0.25) is 0 Å². The van der Waals surface area contributed by atoms with Gasteiger partial charge in [-0.05, 0) is 17.7 Å². The van der Waals surface area contributed by atoms with E-state index < -0.39 is 11.2 Å². The molecule has 0 bridgehead atoms. The number of aliphatic carboxylic acids is 1. The molecule has 0 saturated heterocycles. The lowest BCUT2D eigenvalue weighted by molar-refractivity contribution is -0.136. The fourth-order valence-electron chi connectivity index (χ4n) is 1.17. The predicted molar refractivity (Wildman–Crippen MR) is 59.6 cm³/mol. The molecule has 0 spiro atoms. The Morgan fingerprint density at radius 3 is 2.57 bits per heavy atom. The Labute approximate surface area is 88.3 Å². The van der Waals surface area contributed by atoms with Gasteiger partial charge in [0.1, 0.15) is 5.25 Å². The lowest BCUT2D eigenvalue weighted by Gasteiger charge is -2.11. The molecule has 1 aromatic rings. The van der Waals surface area contributed by atoms with Gasteiger partial charge in [0.15, 0.2) is 0 Å². The summed E-state index contributed by atoms with van der Waals surface area (Å²) in [6, 6.07) is 9.37. The maximum Gasteiger partial charge on any atom is 0.321 e. The molecular formula is C11H14O2S. The van der Waals surface area contributed by atoms with Gasteiger partial charge in [-0.1, -0.05) is 37.3 Å². The van der Waals surface area contributed by atoms with Gasteiger partial charge in [-0.25, -0.2) is 0 Å². The molecule has 0 aliphatic heterocycles. The Hall–Kier alpha value is -0.960. The van der Waals surface area contributed by atoms with Crippen molar-refractivity contribution in [1.29, 1.82) is 0 Å². The third-order valence-corrected chi connectivity index (χ3v) is 3.27. The molecule has 0 radical (unpaired) electrons. The first kappa shape index (κ1) is 11.1. The zero-order valence-electron chi connectivity index (χ0n) is 8.14. The van der Waals surface area contributed by atoms with Crippen molar-refractivity contribution in [3.8, 4) is 0 Å². The number of carbonyl (C=O) groups is 1. The smallest absolute Gasteiger partial charge is 0.321 e. The first-order chi connectivity index (χ1) is 6.75. The van der Waals surface area contributed by atoms with Crippen molar-refractivity contribution < 1.29 is 9.90 Å². The van der Waals surface area contributed by atoms with Gasteiger partial charge in [0.25, 0.3) is 0 Å². The van der Waals surface area contributed by atoms with Crippen LogP contribution in [0.4, 0.5) is 0 Å². The van der Waals surface area contributed by atoms with Crippen LogP contribution in [0.1, 0.15) is 24.2 Å². The van der Waals surface area contributed by atoms with E-state index in [9.17, 15) is 4.79 Å². The molecule has 76 valence electrons. The van der Waals surface area contributed by atoms with E-state index in [0.29, 0.717) is 0 Å². The minimum absolute atomic E-state index is 0.420. The van der Waals surface area contributed by atoms with Crippen LogP contribution in [0.15, 0.2) is 30.3 Å².